The van der Waals surface area contributed by atoms with Crippen molar-refractivity contribution in [2.24, 2.45) is 0 Å². The van der Waals surface area contributed by atoms with Gasteiger partial charge >= 0.3 is 0 Å². The van der Waals surface area contributed by atoms with Crippen molar-refractivity contribution >= 4 is 42.4 Å². The largest absolute Gasteiger partial charge is 0.345 e. The van der Waals surface area contributed by atoms with Gasteiger partial charge in [-0.1, -0.05) is 46.3 Å². The van der Waals surface area contributed by atoms with Crippen LogP contribution >= 0.6 is 27.3 Å². The maximum absolute atomic E-state index is 12.8. The number of benzene rings is 2. The number of piperazine rings is 1. The summed E-state index contributed by atoms with van der Waals surface area (Å²) in [5.74, 6) is 0. The summed E-state index contributed by atoms with van der Waals surface area (Å²) >= 11 is 4.97. The Hall–Kier alpha value is -1.74. The van der Waals surface area contributed by atoms with Gasteiger partial charge in [0.1, 0.15) is 0 Å². The molecule has 1 fully saturated rings. The summed E-state index contributed by atoms with van der Waals surface area (Å²) in [6.45, 7) is 2.22. The van der Waals surface area contributed by atoms with E-state index in [4.69, 9.17) is 4.98 Å². The van der Waals surface area contributed by atoms with Crippen LogP contribution in [0.15, 0.2) is 69.3 Å². The Balaban J connectivity index is 1.40. The second kappa shape index (κ2) is 8.32. The Morgan fingerprint density at radius 2 is 1.64 bits per heavy atom. The van der Waals surface area contributed by atoms with E-state index in [1.165, 1.54) is 5.56 Å². The Kier molecular flexibility index (Phi) is 5.82. The molecule has 146 valence electrons. The first-order chi connectivity index (χ1) is 13.5. The number of hydrogen-bond acceptors (Lipinski definition) is 5. The van der Waals surface area contributed by atoms with Crippen LogP contribution < -0.4 is 4.90 Å². The molecule has 8 heteroatoms. The molecule has 1 aromatic heterocycles. The highest BCUT2D eigenvalue weighted by Crippen LogP contribution is 2.25. The molecule has 0 amide bonds. The second-order valence-electron chi connectivity index (χ2n) is 6.63. The lowest BCUT2D eigenvalue weighted by atomic mass is 10.1. The molecule has 1 aliphatic rings. The topological polar surface area (TPSA) is 53.5 Å². The minimum absolute atomic E-state index is 0.337. The zero-order valence-corrected chi connectivity index (χ0v) is 18.4. The molecule has 5 nitrogen and oxygen atoms in total. The highest BCUT2D eigenvalue weighted by Gasteiger charge is 2.29. The van der Waals surface area contributed by atoms with E-state index in [0.717, 1.165) is 21.7 Å². The standard InChI is InChI=1S/C20H20BrN3O2S2/c21-17-6-8-19(9-7-17)28(25,26)24-12-10-23(11-13-24)20-22-18(15-27-20)14-16-4-2-1-3-5-16/h1-9,15H,10-14H2. The molecule has 0 aliphatic carbocycles. The average Bonchev–Trinajstić information content (AvgIpc) is 3.18. The maximum atomic E-state index is 12.8. The summed E-state index contributed by atoms with van der Waals surface area (Å²) in [6, 6.07) is 17.1. The molecule has 28 heavy (non-hydrogen) atoms. The van der Waals surface area contributed by atoms with Crippen LogP contribution in [0.1, 0.15) is 11.3 Å². The maximum Gasteiger partial charge on any atom is 0.243 e. The third-order valence-corrected chi connectivity index (χ3v) is 8.12. The van der Waals surface area contributed by atoms with Crippen molar-refractivity contribution in [2.75, 3.05) is 31.1 Å². The molecule has 3 aromatic rings. The van der Waals surface area contributed by atoms with Crippen molar-refractivity contribution < 1.29 is 8.42 Å². The predicted molar refractivity (Wildman–Crippen MR) is 116 cm³/mol. The van der Waals surface area contributed by atoms with Gasteiger partial charge in [-0.05, 0) is 29.8 Å². The first-order valence-electron chi connectivity index (χ1n) is 9.01. The summed E-state index contributed by atoms with van der Waals surface area (Å²) < 4.78 is 28.1. The van der Waals surface area contributed by atoms with Crippen LogP contribution in [0.3, 0.4) is 0 Å². The fraction of sp³-hybridized carbons (Fsp3) is 0.250. The van der Waals surface area contributed by atoms with Crippen molar-refractivity contribution in [1.82, 2.24) is 9.29 Å². The van der Waals surface area contributed by atoms with Crippen LogP contribution in [-0.2, 0) is 16.4 Å². The molecular formula is C20H20BrN3O2S2. The van der Waals surface area contributed by atoms with E-state index in [1.807, 2.05) is 18.2 Å². The zero-order valence-electron chi connectivity index (χ0n) is 15.2. The van der Waals surface area contributed by atoms with Gasteiger partial charge in [-0.3, -0.25) is 0 Å². The van der Waals surface area contributed by atoms with Crippen LogP contribution in [-0.4, -0.2) is 43.9 Å². The molecule has 2 heterocycles. The smallest absolute Gasteiger partial charge is 0.243 e. The Morgan fingerprint density at radius 1 is 0.964 bits per heavy atom. The van der Waals surface area contributed by atoms with E-state index in [2.05, 4.69) is 38.3 Å². The van der Waals surface area contributed by atoms with Gasteiger partial charge in [0.05, 0.1) is 10.6 Å². The van der Waals surface area contributed by atoms with Gasteiger partial charge < -0.3 is 4.90 Å². The van der Waals surface area contributed by atoms with Gasteiger partial charge in [-0.25, -0.2) is 13.4 Å². The summed E-state index contributed by atoms with van der Waals surface area (Å²) in [6.07, 6.45) is 0.815. The number of nitrogens with zero attached hydrogens (tertiary/aromatic N) is 3. The van der Waals surface area contributed by atoms with Gasteiger partial charge in [0.15, 0.2) is 5.13 Å². The van der Waals surface area contributed by atoms with E-state index in [1.54, 1.807) is 39.9 Å². The van der Waals surface area contributed by atoms with Crippen molar-refractivity contribution in [3.63, 3.8) is 0 Å². The van der Waals surface area contributed by atoms with Crippen molar-refractivity contribution in [2.45, 2.75) is 11.3 Å². The fourth-order valence-electron chi connectivity index (χ4n) is 3.20. The normalized spacial score (nSPS) is 15.7. The molecule has 2 aromatic carbocycles. The second-order valence-corrected chi connectivity index (χ2v) is 10.3. The summed E-state index contributed by atoms with van der Waals surface area (Å²) in [7, 11) is -3.45. The Morgan fingerprint density at radius 3 is 2.32 bits per heavy atom. The molecule has 0 unspecified atom stereocenters. The molecule has 0 N–H and O–H groups in total. The molecule has 4 rings (SSSR count). The molecular weight excluding hydrogens is 458 g/mol. The number of thiazole rings is 1. The van der Waals surface area contributed by atoms with Gasteiger partial charge in [-0.15, -0.1) is 11.3 Å². The van der Waals surface area contributed by atoms with Crippen LogP contribution in [0.25, 0.3) is 0 Å². The molecule has 0 bridgehead atoms. The van der Waals surface area contributed by atoms with E-state index in [-0.39, 0.29) is 0 Å². The molecule has 0 saturated carbocycles. The third-order valence-electron chi connectivity index (χ3n) is 4.73. The van der Waals surface area contributed by atoms with Gasteiger partial charge in [0.2, 0.25) is 10.0 Å². The van der Waals surface area contributed by atoms with Crippen LogP contribution in [0.2, 0.25) is 0 Å². The van der Waals surface area contributed by atoms with E-state index in [0.29, 0.717) is 31.1 Å². The zero-order chi connectivity index (χ0) is 19.6. The quantitative estimate of drug-likeness (QED) is 0.556. The van der Waals surface area contributed by atoms with Gasteiger partial charge in [-0.2, -0.15) is 4.31 Å². The van der Waals surface area contributed by atoms with Crippen molar-refractivity contribution in [1.29, 1.82) is 0 Å². The lowest BCUT2D eigenvalue weighted by molar-refractivity contribution is 0.384. The molecule has 0 atom stereocenters. The highest BCUT2D eigenvalue weighted by molar-refractivity contribution is 9.10. The Labute approximate surface area is 177 Å². The minimum Gasteiger partial charge on any atom is -0.345 e. The monoisotopic (exact) mass is 477 g/mol. The number of rotatable bonds is 5. The number of sulfonamides is 1. The number of halogens is 1. The lowest BCUT2D eigenvalue weighted by Gasteiger charge is -2.33. The lowest BCUT2D eigenvalue weighted by Crippen LogP contribution is -2.48. The van der Waals surface area contributed by atoms with Crippen molar-refractivity contribution in [3.8, 4) is 0 Å². The summed E-state index contributed by atoms with van der Waals surface area (Å²) in [5, 5.41) is 3.06. The average molecular weight is 478 g/mol. The number of hydrogen-bond donors (Lipinski definition) is 0. The van der Waals surface area contributed by atoms with Crippen LogP contribution in [0.4, 0.5) is 5.13 Å². The van der Waals surface area contributed by atoms with E-state index >= 15 is 0 Å². The van der Waals surface area contributed by atoms with Gasteiger partial charge in [0, 0.05) is 42.5 Å². The SMILES string of the molecule is O=S(=O)(c1ccc(Br)cc1)N1CCN(c2nc(Cc3ccccc3)cs2)CC1. The molecule has 0 radical (unpaired) electrons. The van der Waals surface area contributed by atoms with Crippen LogP contribution in [0.5, 0.6) is 0 Å². The molecule has 0 spiro atoms. The fourth-order valence-corrected chi connectivity index (χ4v) is 5.77. The first-order valence-corrected chi connectivity index (χ1v) is 12.1. The van der Waals surface area contributed by atoms with E-state index < -0.39 is 10.0 Å². The highest BCUT2D eigenvalue weighted by atomic mass is 79.9. The Bertz CT molecular complexity index is 1030. The summed E-state index contributed by atoms with van der Waals surface area (Å²) in [4.78, 5) is 7.27. The minimum atomic E-state index is -3.45. The first kappa shape index (κ1) is 19.6. The number of aromatic nitrogens is 1. The molecule has 1 saturated heterocycles. The van der Waals surface area contributed by atoms with Crippen molar-refractivity contribution in [3.05, 3.63) is 75.7 Å². The van der Waals surface area contributed by atoms with Gasteiger partial charge in [0.25, 0.3) is 0 Å². The van der Waals surface area contributed by atoms with Crippen LogP contribution in [0, 0.1) is 0 Å². The number of anilines is 1. The predicted octanol–water partition coefficient (Wildman–Crippen LogP) is 4.01. The third kappa shape index (κ3) is 4.30. The molecule has 1 aliphatic heterocycles. The summed E-state index contributed by atoms with van der Waals surface area (Å²) in [5.41, 5.74) is 2.29. The van der Waals surface area contributed by atoms with E-state index in [9.17, 15) is 8.42 Å².